The second kappa shape index (κ2) is 4.61. The highest BCUT2D eigenvalue weighted by atomic mass is 31.2. The summed E-state index contributed by atoms with van der Waals surface area (Å²) in [5.74, 6) is 0. The molecule has 0 amide bonds. The van der Waals surface area contributed by atoms with E-state index in [1.807, 2.05) is 0 Å². The molecule has 0 N–H and O–H groups in total. The molecule has 0 aliphatic carbocycles. The first-order chi connectivity index (χ1) is 5.49. The molecule has 0 aliphatic rings. The summed E-state index contributed by atoms with van der Waals surface area (Å²) >= 11 is 0. The Balaban J connectivity index is 4.69. The topological polar surface area (TPSA) is 0 Å². The van der Waals surface area contributed by atoms with Crippen LogP contribution in [0.25, 0.3) is 0 Å². The number of hydrogen-bond acceptors (Lipinski definition) is 0. The van der Waals surface area contributed by atoms with Gasteiger partial charge >= 0.3 is 0 Å². The molecule has 0 atom stereocenters. The first-order valence-corrected chi connectivity index (χ1v) is 7.70. The molecule has 0 aromatic heterocycles. The van der Waals surface area contributed by atoms with E-state index in [1.54, 1.807) is 0 Å². The highest BCUT2D eigenvalue weighted by Gasteiger charge is 2.46. The van der Waals surface area contributed by atoms with Crippen LogP contribution in [0.2, 0.25) is 0 Å². The molecular formula is C11H26P+. The average Bonchev–Trinajstić information content (AvgIpc) is 2.08. The van der Waals surface area contributed by atoms with Gasteiger partial charge in [-0.25, -0.2) is 0 Å². The van der Waals surface area contributed by atoms with Gasteiger partial charge in [0, 0.05) is 7.26 Å². The Bertz CT molecular complexity index is 115. The van der Waals surface area contributed by atoms with Gasteiger partial charge in [-0.05, 0) is 41.0 Å². The molecule has 0 nitrogen and oxygen atoms in total. The van der Waals surface area contributed by atoms with Crippen molar-refractivity contribution in [3.8, 4) is 0 Å². The van der Waals surface area contributed by atoms with Gasteiger partial charge in [0.25, 0.3) is 0 Å². The van der Waals surface area contributed by atoms with Crippen LogP contribution in [0.5, 0.6) is 0 Å². The second-order valence-corrected chi connectivity index (χ2v) is 9.66. The quantitative estimate of drug-likeness (QED) is 0.567. The van der Waals surface area contributed by atoms with E-state index in [9.17, 15) is 0 Å². The minimum atomic E-state index is -0.642. The van der Waals surface area contributed by atoms with E-state index in [0.29, 0.717) is 5.16 Å². The van der Waals surface area contributed by atoms with Gasteiger partial charge in [-0.15, -0.1) is 0 Å². The predicted octanol–water partition coefficient (Wildman–Crippen LogP) is 4.25. The van der Waals surface area contributed by atoms with E-state index in [4.69, 9.17) is 0 Å². The third-order valence-electron chi connectivity index (χ3n) is 3.97. The van der Waals surface area contributed by atoms with Crippen molar-refractivity contribution in [1.82, 2.24) is 0 Å². The Morgan fingerprint density at radius 1 is 0.833 bits per heavy atom. The smallest absolute Gasteiger partial charge is 0.0614 e. The van der Waals surface area contributed by atoms with Crippen LogP contribution in [0.3, 0.4) is 0 Å². The lowest BCUT2D eigenvalue weighted by Crippen LogP contribution is -2.28. The molecular weight excluding hydrogens is 163 g/mol. The van der Waals surface area contributed by atoms with Crippen molar-refractivity contribution < 1.29 is 0 Å². The molecule has 12 heavy (non-hydrogen) atoms. The van der Waals surface area contributed by atoms with Gasteiger partial charge in [0.2, 0.25) is 0 Å². The Kier molecular flexibility index (Phi) is 4.77. The molecule has 0 aromatic carbocycles. The number of hydrogen-bond donors (Lipinski definition) is 0. The molecule has 0 fully saturated rings. The van der Waals surface area contributed by atoms with E-state index >= 15 is 0 Å². The SMILES string of the molecule is CCC(C)(C)[P+](CC)(CC)CC. The van der Waals surface area contributed by atoms with Crippen molar-refractivity contribution in [2.24, 2.45) is 0 Å². The molecule has 0 rings (SSSR count). The third-order valence-corrected chi connectivity index (χ3v) is 10.5. The highest BCUT2D eigenvalue weighted by molar-refractivity contribution is 7.77. The minimum absolute atomic E-state index is 0.616. The van der Waals surface area contributed by atoms with Crippen molar-refractivity contribution in [3.05, 3.63) is 0 Å². The average molecular weight is 189 g/mol. The lowest BCUT2D eigenvalue weighted by atomic mass is 10.1. The molecule has 0 unspecified atom stereocenters. The van der Waals surface area contributed by atoms with Crippen LogP contribution in [0, 0.1) is 0 Å². The predicted molar refractivity (Wildman–Crippen MR) is 62.9 cm³/mol. The van der Waals surface area contributed by atoms with Crippen molar-refractivity contribution in [3.63, 3.8) is 0 Å². The van der Waals surface area contributed by atoms with E-state index in [-0.39, 0.29) is 0 Å². The fourth-order valence-corrected chi connectivity index (χ4v) is 6.87. The van der Waals surface area contributed by atoms with Gasteiger partial charge in [0.05, 0.1) is 23.6 Å². The van der Waals surface area contributed by atoms with Crippen LogP contribution in [0.1, 0.15) is 48.0 Å². The van der Waals surface area contributed by atoms with Crippen molar-refractivity contribution in [1.29, 1.82) is 0 Å². The molecule has 74 valence electrons. The highest BCUT2D eigenvalue weighted by Crippen LogP contribution is 2.68. The first kappa shape index (κ1) is 12.4. The molecule has 0 aromatic rings. The maximum absolute atomic E-state index is 2.47. The zero-order valence-corrected chi connectivity index (χ0v) is 10.7. The fourth-order valence-electron chi connectivity index (χ4n) is 2.29. The van der Waals surface area contributed by atoms with Gasteiger partial charge in [0.15, 0.2) is 0 Å². The lowest BCUT2D eigenvalue weighted by molar-refractivity contribution is 0.655. The maximum atomic E-state index is 2.47. The zero-order valence-electron chi connectivity index (χ0n) is 9.78. The first-order valence-electron chi connectivity index (χ1n) is 5.35. The van der Waals surface area contributed by atoms with Crippen molar-refractivity contribution >= 4 is 7.26 Å². The van der Waals surface area contributed by atoms with Crippen LogP contribution in [-0.4, -0.2) is 23.6 Å². The molecule has 0 aliphatic heterocycles. The maximum Gasteiger partial charge on any atom is 0.0740 e. The summed E-state index contributed by atoms with van der Waals surface area (Å²) in [7, 11) is -0.642. The fraction of sp³-hybridized carbons (Fsp3) is 1.00. The van der Waals surface area contributed by atoms with Crippen LogP contribution in [-0.2, 0) is 0 Å². The summed E-state index contributed by atoms with van der Waals surface area (Å²) in [4.78, 5) is 0. The number of rotatable bonds is 5. The summed E-state index contributed by atoms with van der Waals surface area (Å²) < 4.78 is 0. The van der Waals surface area contributed by atoms with Crippen molar-refractivity contribution in [2.75, 3.05) is 18.5 Å². The third kappa shape index (κ3) is 2.02. The Morgan fingerprint density at radius 3 is 1.25 bits per heavy atom. The van der Waals surface area contributed by atoms with Gasteiger partial charge in [-0.3, -0.25) is 0 Å². The summed E-state index contributed by atoms with van der Waals surface area (Å²) in [6, 6.07) is 0. The molecule has 0 bridgehead atoms. The Hall–Kier alpha value is 0.430. The molecule has 1 heteroatoms. The summed E-state index contributed by atoms with van der Waals surface area (Å²) in [5, 5.41) is 0.616. The molecule has 0 spiro atoms. The van der Waals surface area contributed by atoms with Gasteiger partial charge in [-0.1, -0.05) is 6.92 Å². The summed E-state index contributed by atoms with van der Waals surface area (Å²) in [6.45, 7) is 14.4. The molecule has 0 saturated heterocycles. The normalized spacial score (nSPS) is 13.5. The van der Waals surface area contributed by atoms with Crippen LogP contribution in [0.15, 0.2) is 0 Å². The van der Waals surface area contributed by atoms with E-state index in [1.165, 1.54) is 24.9 Å². The Morgan fingerprint density at radius 2 is 1.17 bits per heavy atom. The summed E-state index contributed by atoms with van der Waals surface area (Å²) in [5.41, 5.74) is 0. The van der Waals surface area contributed by atoms with Crippen LogP contribution in [0.4, 0.5) is 0 Å². The molecule has 0 radical (unpaired) electrons. The van der Waals surface area contributed by atoms with Gasteiger partial charge < -0.3 is 0 Å². The van der Waals surface area contributed by atoms with Gasteiger partial charge in [-0.2, -0.15) is 0 Å². The summed E-state index contributed by atoms with van der Waals surface area (Å²) in [6.07, 6.45) is 5.64. The van der Waals surface area contributed by atoms with Crippen LogP contribution < -0.4 is 0 Å². The monoisotopic (exact) mass is 189 g/mol. The van der Waals surface area contributed by atoms with Crippen molar-refractivity contribution in [2.45, 2.75) is 53.1 Å². The van der Waals surface area contributed by atoms with E-state index in [0.717, 1.165) is 0 Å². The minimum Gasteiger partial charge on any atom is -0.0614 e. The lowest BCUT2D eigenvalue weighted by Gasteiger charge is -2.38. The standard InChI is InChI=1S/C11H26P/c1-7-11(5,6)12(8-2,9-3)10-4/h7-10H2,1-6H3/q+1. The molecule has 0 saturated carbocycles. The van der Waals surface area contributed by atoms with E-state index in [2.05, 4.69) is 41.5 Å². The second-order valence-electron chi connectivity index (χ2n) is 4.26. The van der Waals surface area contributed by atoms with E-state index < -0.39 is 7.26 Å². The zero-order chi connectivity index (χ0) is 9.83. The largest absolute Gasteiger partial charge is 0.0740 e. The van der Waals surface area contributed by atoms with Gasteiger partial charge in [0.1, 0.15) is 0 Å². The molecule has 0 heterocycles. The Labute approximate surface area is 79.5 Å². The van der Waals surface area contributed by atoms with Crippen LogP contribution >= 0.6 is 7.26 Å².